The minimum absolute atomic E-state index is 0.0606. The van der Waals surface area contributed by atoms with Crippen molar-refractivity contribution in [3.63, 3.8) is 0 Å². The van der Waals surface area contributed by atoms with E-state index in [4.69, 9.17) is 19.2 Å². The largest absolute Gasteiger partial charge is 0.488 e. The van der Waals surface area contributed by atoms with Crippen molar-refractivity contribution in [1.82, 2.24) is 9.66 Å². The summed E-state index contributed by atoms with van der Waals surface area (Å²) in [6.45, 7) is 4.69. The van der Waals surface area contributed by atoms with Crippen LogP contribution in [0.3, 0.4) is 0 Å². The molecule has 0 unspecified atom stereocenters. The molecule has 0 radical (unpaired) electrons. The van der Waals surface area contributed by atoms with Gasteiger partial charge in [-0.05, 0) is 54.4 Å². The van der Waals surface area contributed by atoms with Crippen molar-refractivity contribution in [2.45, 2.75) is 32.8 Å². The first kappa shape index (κ1) is 23.1. The summed E-state index contributed by atoms with van der Waals surface area (Å²) in [5, 5.41) is 5.08. The molecule has 35 heavy (non-hydrogen) atoms. The Morgan fingerprint density at radius 3 is 2.83 bits per heavy atom. The molecule has 0 spiro atoms. The van der Waals surface area contributed by atoms with Gasteiger partial charge in [0.1, 0.15) is 18.2 Å². The van der Waals surface area contributed by atoms with Gasteiger partial charge in [0.25, 0.3) is 5.56 Å². The van der Waals surface area contributed by atoms with Gasteiger partial charge in [0.15, 0.2) is 11.5 Å². The van der Waals surface area contributed by atoms with Crippen molar-refractivity contribution in [1.29, 1.82) is 0 Å². The number of benzene rings is 3. The molecule has 0 N–H and O–H groups in total. The summed E-state index contributed by atoms with van der Waals surface area (Å²) in [6, 6.07) is 18.8. The van der Waals surface area contributed by atoms with E-state index >= 15 is 0 Å². The molecule has 0 fully saturated rings. The fourth-order valence-electron chi connectivity index (χ4n) is 3.81. The summed E-state index contributed by atoms with van der Waals surface area (Å²) in [7, 11) is 0. The second-order valence-corrected chi connectivity index (χ2v) is 9.23. The second kappa shape index (κ2) is 9.92. The number of hydrogen-bond donors (Lipinski definition) is 0. The number of nitrogens with zero attached hydrogens (tertiary/aromatic N) is 3. The van der Waals surface area contributed by atoms with Gasteiger partial charge in [0, 0.05) is 16.0 Å². The standard InChI is InChI=1S/C27H24BrN3O4/c1-3-17(2)26-30-22-10-9-20(28)13-21(22)27(32)31(26)29-14-19-6-4-5-7-23(19)33-15-18-8-11-24-25(12-18)35-16-34-24/h4-14,17H,3,15-16H2,1-2H3/t17-/m0/s1. The van der Waals surface area contributed by atoms with Gasteiger partial charge in [-0.15, -0.1) is 0 Å². The molecule has 3 aromatic carbocycles. The molecule has 0 saturated heterocycles. The summed E-state index contributed by atoms with van der Waals surface area (Å²) in [4.78, 5) is 18.1. The third-order valence-corrected chi connectivity index (χ3v) is 6.44. The minimum Gasteiger partial charge on any atom is -0.488 e. The van der Waals surface area contributed by atoms with E-state index in [0.29, 0.717) is 34.8 Å². The Hall–Kier alpha value is -3.65. The van der Waals surface area contributed by atoms with E-state index in [0.717, 1.165) is 27.8 Å². The lowest BCUT2D eigenvalue weighted by atomic mass is 10.1. The van der Waals surface area contributed by atoms with Crippen LogP contribution in [0.15, 0.2) is 75.0 Å². The lowest BCUT2D eigenvalue weighted by Crippen LogP contribution is -2.23. The zero-order valence-corrected chi connectivity index (χ0v) is 21.0. The summed E-state index contributed by atoms with van der Waals surface area (Å²) in [5.41, 5.74) is 2.17. The van der Waals surface area contributed by atoms with Crippen LogP contribution in [0.2, 0.25) is 0 Å². The molecule has 2 heterocycles. The maximum Gasteiger partial charge on any atom is 0.282 e. The van der Waals surface area contributed by atoms with Crippen molar-refractivity contribution in [3.8, 4) is 17.2 Å². The van der Waals surface area contributed by atoms with Crippen LogP contribution in [-0.2, 0) is 6.61 Å². The Morgan fingerprint density at radius 2 is 1.97 bits per heavy atom. The number of hydrogen-bond acceptors (Lipinski definition) is 6. The Morgan fingerprint density at radius 1 is 1.14 bits per heavy atom. The van der Waals surface area contributed by atoms with E-state index in [1.165, 1.54) is 4.68 Å². The first-order chi connectivity index (χ1) is 17.0. The fourth-order valence-corrected chi connectivity index (χ4v) is 4.17. The lowest BCUT2D eigenvalue weighted by Gasteiger charge is -2.14. The zero-order chi connectivity index (χ0) is 24.4. The Balaban J connectivity index is 1.46. The van der Waals surface area contributed by atoms with E-state index < -0.39 is 0 Å². The summed E-state index contributed by atoms with van der Waals surface area (Å²) < 4.78 is 19.1. The number of para-hydroxylation sites is 1. The Bertz CT molecular complexity index is 1480. The topological polar surface area (TPSA) is 74.9 Å². The van der Waals surface area contributed by atoms with Crippen molar-refractivity contribution in [2.24, 2.45) is 5.10 Å². The maximum atomic E-state index is 13.4. The van der Waals surface area contributed by atoms with Crippen molar-refractivity contribution >= 4 is 33.0 Å². The maximum absolute atomic E-state index is 13.4. The Kier molecular flexibility index (Phi) is 6.55. The second-order valence-electron chi connectivity index (χ2n) is 8.32. The average molecular weight is 534 g/mol. The lowest BCUT2D eigenvalue weighted by molar-refractivity contribution is 0.174. The van der Waals surface area contributed by atoms with Gasteiger partial charge >= 0.3 is 0 Å². The van der Waals surface area contributed by atoms with Crippen LogP contribution in [0.1, 0.15) is 43.1 Å². The summed E-state index contributed by atoms with van der Waals surface area (Å²) in [5.74, 6) is 2.80. The van der Waals surface area contributed by atoms with Gasteiger partial charge in [-0.3, -0.25) is 4.79 Å². The molecule has 0 bridgehead atoms. The van der Waals surface area contributed by atoms with E-state index in [-0.39, 0.29) is 18.3 Å². The summed E-state index contributed by atoms with van der Waals surface area (Å²) >= 11 is 3.44. The number of fused-ring (bicyclic) bond motifs is 2. The number of ether oxygens (including phenoxy) is 3. The molecule has 8 heteroatoms. The highest BCUT2D eigenvalue weighted by atomic mass is 79.9. The monoisotopic (exact) mass is 533 g/mol. The normalized spacial score (nSPS) is 13.5. The van der Waals surface area contributed by atoms with Crippen LogP contribution in [0.5, 0.6) is 17.2 Å². The fraction of sp³-hybridized carbons (Fsp3) is 0.222. The molecule has 178 valence electrons. The molecule has 0 amide bonds. The predicted molar refractivity (Wildman–Crippen MR) is 139 cm³/mol. The zero-order valence-electron chi connectivity index (χ0n) is 19.4. The third kappa shape index (κ3) is 4.79. The van der Waals surface area contributed by atoms with E-state index in [1.807, 2.05) is 61.5 Å². The smallest absolute Gasteiger partial charge is 0.282 e. The molecule has 1 aliphatic rings. The SMILES string of the molecule is CC[C@H](C)c1nc2ccc(Br)cc2c(=O)n1N=Cc1ccccc1OCc1ccc2c(c1)OCO2. The number of halogens is 1. The van der Waals surface area contributed by atoms with Crippen LogP contribution < -0.4 is 19.8 Å². The van der Waals surface area contributed by atoms with Crippen LogP contribution in [-0.4, -0.2) is 22.7 Å². The van der Waals surface area contributed by atoms with Crippen molar-refractivity contribution in [2.75, 3.05) is 6.79 Å². The molecular formula is C27H24BrN3O4. The molecular weight excluding hydrogens is 510 g/mol. The predicted octanol–water partition coefficient (Wildman–Crippen LogP) is 5.86. The van der Waals surface area contributed by atoms with Gasteiger partial charge in [-0.1, -0.05) is 48.0 Å². The first-order valence-electron chi connectivity index (χ1n) is 11.4. The minimum atomic E-state index is -0.207. The first-order valence-corrected chi connectivity index (χ1v) is 12.2. The molecule has 5 rings (SSSR count). The highest BCUT2D eigenvalue weighted by Gasteiger charge is 2.16. The molecule has 1 aromatic heterocycles. The number of rotatable bonds is 7. The molecule has 7 nitrogen and oxygen atoms in total. The highest BCUT2D eigenvalue weighted by Crippen LogP contribution is 2.33. The van der Waals surface area contributed by atoms with Crippen LogP contribution in [0.25, 0.3) is 10.9 Å². The van der Waals surface area contributed by atoms with E-state index in [2.05, 4.69) is 28.0 Å². The molecule has 1 aliphatic heterocycles. The highest BCUT2D eigenvalue weighted by molar-refractivity contribution is 9.10. The van der Waals surface area contributed by atoms with Crippen LogP contribution in [0, 0.1) is 0 Å². The van der Waals surface area contributed by atoms with Gasteiger partial charge in [0.2, 0.25) is 6.79 Å². The van der Waals surface area contributed by atoms with Crippen molar-refractivity contribution in [3.05, 3.63) is 92.4 Å². The van der Waals surface area contributed by atoms with Gasteiger partial charge in [0.05, 0.1) is 17.1 Å². The van der Waals surface area contributed by atoms with Gasteiger partial charge in [-0.2, -0.15) is 9.78 Å². The molecule has 1 atom stereocenters. The molecule has 0 aliphatic carbocycles. The van der Waals surface area contributed by atoms with Crippen molar-refractivity contribution < 1.29 is 14.2 Å². The van der Waals surface area contributed by atoms with E-state index in [9.17, 15) is 4.79 Å². The van der Waals surface area contributed by atoms with Crippen LogP contribution in [0.4, 0.5) is 0 Å². The average Bonchev–Trinajstić information content (AvgIpc) is 3.35. The molecule has 0 saturated carbocycles. The van der Waals surface area contributed by atoms with Gasteiger partial charge < -0.3 is 14.2 Å². The van der Waals surface area contributed by atoms with Gasteiger partial charge in [-0.25, -0.2) is 4.98 Å². The number of aromatic nitrogens is 2. The quantitative estimate of drug-likeness (QED) is 0.278. The third-order valence-electron chi connectivity index (χ3n) is 5.95. The Labute approximate surface area is 211 Å². The van der Waals surface area contributed by atoms with E-state index in [1.54, 1.807) is 12.3 Å². The molecule has 4 aromatic rings. The van der Waals surface area contributed by atoms with Crippen LogP contribution >= 0.6 is 15.9 Å². The summed E-state index contributed by atoms with van der Waals surface area (Å²) in [6.07, 6.45) is 2.48.